The number of rotatable bonds is 5. The molecule has 234 valence electrons. The zero-order chi connectivity index (χ0) is 33.0. The van der Waals surface area contributed by atoms with Crippen LogP contribution in [0, 0.1) is 0 Å². The normalized spacial score (nSPS) is 11.6. The molecule has 0 atom stereocenters. The molecule has 50 heavy (non-hydrogen) atoms. The van der Waals surface area contributed by atoms with Gasteiger partial charge in [0.25, 0.3) is 0 Å². The molecule has 3 nitrogen and oxygen atoms in total. The highest BCUT2D eigenvalue weighted by atomic mass is 32.1. The van der Waals surface area contributed by atoms with Gasteiger partial charge < -0.3 is 4.57 Å². The minimum Gasteiger partial charge on any atom is -0.309 e. The van der Waals surface area contributed by atoms with Gasteiger partial charge in [0.1, 0.15) is 5.01 Å². The maximum Gasteiger partial charge on any atom is 0.173 e. The van der Waals surface area contributed by atoms with Gasteiger partial charge in [-0.15, -0.1) is 0 Å². The van der Waals surface area contributed by atoms with Gasteiger partial charge in [-0.25, -0.2) is 4.98 Å². The van der Waals surface area contributed by atoms with Gasteiger partial charge in [-0.3, -0.25) is 0 Å². The molecule has 0 N–H and O–H groups in total. The van der Waals surface area contributed by atoms with Crippen LogP contribution in [-0.4, -0.2) is 13.9 Å². The van der Waals surface area contributed by atoms with E-state index < -0.39 is 0 Å². The largest absolute Gasteiger partial charge is 0.309 e. The smallest absolute Gasteiger partial charge is 0.173 e. The topological polar surface area (TPSA) is 30.7 Å². The van der Waals surface area contributed by atoms with Crippen molar-refractivity contribution in [3.63, 3.8) is 0 Å². The zero-order valence-electron chi connectivity index (χ0n) is 27.0. The standard InChI is InChI=1S/C46H29N3S/c1-2-12-32-26-34(23-22-30(32)10-1)33-14-7-16-37(27-33)46-47-45(48-50-46)36-24-25-44-42(29-36)41-19-5-6-21-43(41)49(44)38-17-8-15-35(28-38)40-20-9-13-31-11-3-4-18-39(31)40/h1-29H. The molecule has 8 aromatic carbocycles. The van der Waals surface area contributed by atoms with E-state index in [1.807, 2.05) is 0 Å². The fraction of sp³-hybridized carbons (Fsp3) is 0. The number of aromatic nitrogens is 3. The number of hydrogen-bond donors (Lipinski definition) is 0. The second-order valence-electron chi connectivity index (χ2n) is 12.7. The lowest BCUT2D eigenvalue weighted by Crippen LogP contribution is -1.94. The summed E-state index contributed by atoms with van der Waals surface area (Å²) < 4.78 is 7.23. The number of hydrogen-bond acceptors (Lipinski definition) is 3. The molecule has 0 saturated carbocycles. The molecule has 0 radical (unpaired) electrons. The summed E-state index contributed by atoms with van der Waals surface area (Å²) in [7, 11) is 0. The van der Waals surface area contributed by atoms with Crippen LogP contribution in [0.25, 0.3) is 93.3 Å². The van der Waals surface area contributed by atoms with E-state index in [4.69, 9.17) is 9.36 Å². The highest BCUT2D eigenvalue weighted by Crippen LogP contribution is 2.37. The highest BCUT2D eigenvalue weighted by molar-refractivity contribution is 7.09. The molecule has 0 saturated heterocycles. The van der Waals surface area contributed by atoms with Crippen LogP contribution in [0.4, 0.5) is 0 Å². The fourth-order valence-electron chi connectivity index (χ4n) is 7.34. The molecule has 0 spiro atoms. The minimum absolute atomic E-state index is 0.748. The summed E-state index contributed by atoms with van der Waals surface area (Å²) in [6, 6.07) is 63.0. The summed E-state index contributed by atoms with van der Waals surface area (Å²) in [4.78, 5) is 5.06. The molecule has 4 heteroatoms. The van der Waals surface area contributed by atoms with Gasteiger partial charge in [0.2, 0.25) is 0 Å². The first-order valence-corrected chi connectivity index (χ1v) is 17.6. The van der Waals surface area contributed by atoms with E-state index in [9.17, 15) is 0 Å². The minimum atomic E-state index is 0.748. The van der Waals surface area contributed by atoms with Crippen molar-refractivity contribution in [2.75, 3.05) is 0 Å². The van der Waals surface area contributed by atoms with Crippen LogP contribution >= 0.6 is 11.5 Å². The molecule has 10 rings (SSSR count). The number of fused-ring (bicyclic) bond motifs is 5. The van der Waals surface area contributed by atoms with Crippen molar-refractivity contribution in [3.05, 3.63) is 176 Å². The Morgan fingerprint density at radius 2 is 1.08 bits per heavy atom. The molecule has 10 aromatic rings. The van der Waals surface area contributed by atoms with Crippen LogP contribution in [0.1, 0.15) is 0 Å². The first-order chi connectivity index (χ1) is 24.8. The van der Waals surface area contributed by atoms with E-state index in [1.54, 1.807) is 0 Å². The average Bonchev–Trinajstić information content (AvgIpc) is 3.81. The molecule has 0 amide bonds. The SMILES string of the molecule is c1cc(-c2ccc3ccccc3c2)cc(-c2nc(-c3ccc4c(c3)c3ccccc3n4-c3cccc(-c4cccc5ccccc45)c3)ns2)c1. The van der Waals surface area contributed by atoms with E-state index in [-0.39, 0.29) is 0 Å². The van der Waals surface area contributed by atoms with E-state index in [0.717, 1.165) is 33.2 Å². The average molecular weight is 656 g/mol. The number of benzene rings is 8. The number of para-hydroxylation sites is 1. The van der Waals surface area contributed by atoms with Crippen LogP contribution in [0.15, 0.2) is 176 Å². The van der Waals surface area contributed by atoms with E-state index in [2.05, 4.69) is 180 Å². The highest BCUT2D eigenvalue weighted by Gasteiger charge is 2.16. The fourth-order valence-corrected chi connectivity index (χ4v) is 8.02. The molecule has 0 unspecified atom stereocenters. The van der Waals surface area contributed by atoms with Crippen molar-refractivity contribution < 1.29 is 0 Å². The molecule has 2 heterocycles. The Bertz CT molecular complexity index is 2890. The molecule has 0 aliphatic rings. The number of nitrogens with zero attached hydrogens (tertiary/aromatic N) is 3. The van der Waals surface area contributed by atoms with E-state index >= 15 is 0 Å². The maximum absolute atomic E-state index is 5.06. The summed E-state index contributed by atoms with van der Waals surface area (Å²) in [6.45, 7) is 0. The third-order valence-electron chi connectivity index (χ3n) is 9.75. The van der Waals surface area contributed by atoms with Gasteiger partial charge in [0.05, 0.1) is 11.0 Å². The summed E-state index contributed by atoms with van der Waals surface area (Å²) in [5.41, 5.74) is 10.3. The molecule has 2 aromatic heterocycles. The van der Waals surface area contributed by atoms with Crippen molar-refractivity contribution in [1.29, 1.82) is 0 Å². The predicted molar refractivity (Wildman–Crippen MR) is 211 cm³/mol. The van der Waals surface area contributed by atoms with Crippen LogP contribution in [0.5, 0.6) is 0 Å². The van der Waals surface area contributed by atoms with Gasteiger partial charge in [-0.2, -0.15) is 4.37 Å². The van der Waals surface area contributed by atoms with Crippen molar-refractivity contribution in [2.24, 2.45) is 0 Å². The second-order valence-corrected chi connectivity index (χ2v) is 13.5. The quantitative estimate of drug-likeness (QED) is 0.185. The van der Waals surface area contributed by atoms with Gasteiger partial charge in [0, 0.05) is 27.6 Å². The lowest BCUT2D eigenvalue weighted by Gasteiger charge is -2.12. The van der Waals surface area contributed by atoms with E-state index in [1.165, 1.54) is 71.6 Å². The van der Waals surface area contributed by atoms with Gasteiger partial charge in [-0.1, -0.05) is 127 Å². The predicted octanol–water partition coefficient (Wildman–Crippen LogP) is 12.6. The summed E-state index contributed by atoms with van der Waals surface area (Å²) in [5, 5.41) is 8.29. The molecular formula is C46H29N3S. The van der Waals surface area contributed by atoms with Crippen molar-refractivity contribution >= 4 is 54.9 Å². The Morgan fingerprint density at radius 1 is 0.400 bits per heavy atom. The third-order valence-corrected chi connectivity index (χ3v) is 10.5. The molecule has 0 bridgehead atoms. The van der Waals surface area contributed by atoms with Crippen LogP contribution in [0.2, 0.25) is 0 Å². The summed E-state index contributed by atoms with van der Waals surface area (Å²) in [5.74, 6) is 0.748. The Hall–Kier alpha value is -6.36. The molecule has 0 aliphatic heterocycles. The van der Waals surface area contributed by atoms with Crippen molar-refractivity contribution in [2.45, 2.75) is 0 Å². The van der Waals surface area contributed by atoms with Crippen LogP contribution in [-0.2, 0) is 0 Å². The first kappa shape index (κ1) is 28.6. The molecule has 0 fully saturated rings. The maximum atomic E-state index is 5.06. The summed E-state index contributed by atoms with van der Waals surface area (Å²) in [6.07, 6.45) is 0. The van der Waals surface area contributed by atoms with Crippen LogP contribution in [0.3, 0.4) is 0 Å². The van der Waals surface area contributed by atoms with E-state index in [0.29, 0.717) is 0 Å². The lowest BCUT2D eigenvalue weighted by molar-refractivity contribution is 1.18. The van der Waals surface area contributed by atoms with Crippen LogP contribution < -0.4 is 0 Å². The Balaban J connectivity index is 1.03. The molecular weight excluding hydrogens is 627 g/mol. The third kappa shape index (κ3) is 4.80. The van der Waals surface area contributed by atoms with Gasteiger partial charge in [-0.05, 0) is 104 Å². The summed E-state index contributed by atoms with van der Waals surface area (Å²) >= 11 is 1.45. The zero-order valence-corrected chi connectivity index (χ0v) is 27.8. The van der Waals surface area contributed by atoms with Gasteiger partial charge in [0.15, 0.2) is 5.82 Å². The van der Waals surface area contributed by atoms with Crippen molar-refractivity contribution in [3.8, 4) is 49.9 Å². The molecule has 0 aliphatic carbocycles. The Morgan fingerprint density at radius 3 is 2.02 bits per heavy atom. The second kappa shape index (κ2) is 11.7. The first-order valence-electron chi connectivity index (χ1n) is 16.8. The Labute approximate surface area is 293 Å². The van der Waals surface area contributed by atoms with Gasteiger partial charge >= 0.3 is 0 Å². The lowest BCUT2D eigenvalue weighted by atomic mass is 9.98. The monoisotopic (exact) mass is 655 g/mol. The van der Waals surface area contributed by atoms with Crippen molar-refractivity contribution in [1.82, 2.24) is 13.9 Å². The Kier molecular flexibility index (Phi) is 6.68.